The molecule has 1 amide bonds. The summed E-state index contributed by atoms with van der Waals surface area (Å²) in [6, 6.07) is 10.6. The molecule has 9 heteroatoms. The fourth-order valence-electron chi connectivity index (χ4n) is 5.53. The lowest BCUT2D eigenvalue weighted by atomic mass is 10.1. The van der Waals surface area contributed by atoms with E-state index >= 15 is 0 Å². The fourth-order valence-corrected chi connectivity index (χ4v) is 6.47. The van der Waals surface area contributed by atoms with Crippen LogP contribution in [0.4, 0.5) is 5.82 Å². The number of unbranched alkanes of at least 4 members (excludes halogenated alkanes) is 12. The Balaban J connectivity index is 1.10. The number of aromatic nitrogens is 1. The van der Waals surface area contributed by atoms with Gasteiger partial charge >= 0.3 is 0 Å². The van der Waals surface area contributed by atoms with E-state index in [-0.39, 0.29) is 17.4 Å². The summed E-state index contributed by atoms with van der Waals surface area (Å²) < 4.78 is 29.6. The number of amides is 1. The minimum absolute atomic E-state index is 0.0340. The van der Waals surface area contributed by atoms with Gasteiger partial charge in [0.2, 0.25) is 0 Å². The van der Waals surface area contributed by atoms with Gasteiger partial charge in [0.05, 0.1) is 17.1 Å². The minimum Gasteiger partial charge on any atom is -0.354 e. The molecule has 246 valence electrons. The van der Waals surface area contributed by atoms with E-state index in [0.29, 0.717) is 12.1 Å². The molecule has 1 aromatic carbocycles. The van der Waals surface area contributed by atoms with Crippen molar-refractivity contribution < 1.29 is 17.4 Å². The van der Waals surface area contributed by atoms with Gasteiger partial charge in [0.15, 0.2) is 0 Å². The standard InChI is InChI=1S/C35H56N4O4S/c1-3-4-24-38-25-27-39(28-26-38)34-22-19-32(30-37-34)35(40)36-23-15-13-11-9-7-5-6-8-10-12-14-16-29-43-44(41,42)33-20-17-31(2)18-21-33/h17-22,30H,3-16,23-29H2,1-2H3,(H,36,40). The third-order valence-electron chi connectivity index (χ3n) is 8.44. The van der Waals surface area contributed by atoms with Gasteiger partial charge in [-0.25, -0.2) is 4.98 Å². The lowest BCUT2D eigenvalue weighted by molar-refractivity contribution is 0.0952. The first-order valence-electron chi connectivity index (χ1n) is 17.1. The van der Waals surface area contributed by atoms with E-state index in [1.165, 1.54) is 64.3 Å². The molecule has 1 saturated heterocycles. The van der Waals surface area contributed by atoms with E-state index in [9.17, 15) is 13.2 Å². The highest BCUT2D eigenvalue weighted by Gasteiger charge is 2.18. The van der Waals surface area contributed by atoms with E-state index < -0.39 is 10.1 Å². The maximum atomic E-state index is 12.5. The van der Waals surface area contributed by atoms with E-state index in [2.05, 4.69) is 27.0 Å². The number of carbonyl (C=O) groups is 1. The second kappa shape index (κ2) is 20.5. The van der Waals surface area contributed by atoms with E-state index in [1.54, 1.807) is 30.5 Å². The van der Waals surface area contributed by atoms with Gasteiger partial charge in [0, 0.05) is 38.9 Å². The van der Waals surface area contributed by atoms with Gasteiger partial charge in [0.1, 0.15) is 5.82 Å². The molecule has 0 unspecified atom stereocenters. The van der Waals surface area contributed by atoms with Crippen LogP contribution in [0.5, 0.6) is 0 Å². The van der Waals surface area contributed by atoms with Crippen LogP contribution in [0.2, 0.25) is 0 Å². The second-order valence-corrected chi connectivity index (χ2v) is 13.8. The fraction of sp³-hybridized carbons (Fsp3) is 0.657. The number of benzene rings is 1. The van der Waals surface area contributed by atoms with Gasteiger partial charge in [0.25, 0.3) is 16.0 Å². The quantitative estimate of drug-likeness (QED) is 0.110. The average Bonchev–Trinajstić information content (AvgIpc) is 3.04. The van der Waals surface area contributed by atoms with E-state index in [1.807, 2.05) is 19.1 Å². The van der Waals surface area contributed by atoms with Crippen LogP contribution in [-0.4, -0.2) is 70.1 Å². The van der Waals surface area contributed by atoms with E-state index in [4.69, 9.17) is 4.18 Å². The number of piperazine rings is 1. The van der Waals surface area contributed by atoms with Crippen LogP contribution < -0.4 is 10.2 Å². The highest BCUT2D eigenvalue weighted by molar-refractivity contribution is 7.86. The minimum atomic E-state index is -3.64. The third kappa shape index (κ3) is 13.7. The van der Waals surface area contributed by atoms with Crippen molar-refractivity contribution in [3.05, 3.63) is 53.7 Å². The van der Waals surface area contributed by atoms with Gasteiger partial charge in [-0.1, -0.05) is 95.2 Å². The number of anilines is 1. The number of hydrogen-bond donors (Lipinski definition) is 1. The van der Waals surface area contributed by atoms with Gasteiger partial charge in [-0.05, 0) is 57.0 Å². The normalized spacial score (nSPS) is 14.2. The molecule has 0 spiro atoms. The molecule has 0 aliphatic carbocycles. The van der Waals surface area contributed by atoms with Crippen LogP contribution in [0.25, 0.3) is 0 Å². The van der Waals surface area contributed by atoms with Crippen LogP contribution >= 0.6 is 0 Å². The molecule has 0 atom stereocenters. The highest BCUT2D eigenvalue weighted by Crippen LogP contribution is 2.17. The topological polar surface area (TPSA) is 91.8 Å². The average molecular weight is 629 g/mol. The third-order valence-corrected chi connectivity index (χ3v) is 9.77. The summed E-state index contributed by atoms with van der Waals surface area (Å²) in [5, 5.41) is 3.05. The zero-order valence-electron chi connectivity index (χ0n) is 27.3. The molecular formula is C35H56N4O4S. The summed E-state index contributed by atoms with van der Waals surface area (Å²) in [7, 11) is -3.64. The van der Waals surface area contributed by atoms with Crippen LogP contribution in [0.1, 0.15) is 113 Å². The van der Waals surface area contributed by atoms with E-state index in [0.717, 1.165) is 69.7 Å². The molecule has 0 bridgehead atoms. The van der Waals surface area contributed by atoms with Crippen molar-refractivity contribution in [1.29, 1.82) is 0 Å². The zero-order valence-corrected chi connectivity index (χ0v) is 28.1. The van der Waals surface area contributed by atoms with Gasteiger partial charge in [-0.2, -0.15) is 8.42 Å². The first-order valence-corrected chi connectivity index (χ1v) is 18.5. The van der Waals surface area contributed by atoms with Crippen molar-refractivity contribution in [1.82, 2.24) is 15.2 Å². The number of carbonyl (C=O) groups excluding carboxylic acids is 1. The maximum absolute atomic E-state index is 12.5. The summed E-state index contributed by atoms with van der Waals surface area (Å²) >= 11 is 0. The largest absolute Gasteiger partial charge is 0.354 e. The predicted molar refractivity (Wildman–Crippen MR) is 180 cm³/mol. The molecule has 1 aromatic heterocycles. The Hall–Kier alpha value is -2.49. The Morgan fingerprint density at radius 1 is 0.795 bits per heavy atom. The smallest absolute Gasteiger partial charge is 0.296 e. The summed E-state index contributed by atoms with van der Waals surface area (Å²) in [4.78, 5) is 22.2. The van der Waals surface area contributed by atoms with Crippen molar-refractivity contribution in [3.63, 3.8) is 0 Å². The molecule has 3 rings (SSSR count). The molecule has 0 saturated carbocycles. The summed E-state index contributed by atoms with van der Waals surface area (Å²) in [6.07, 6.45) is 17.9. The van der Waals surface area contributed by atoms with Crippen LogP contribution in [0.3, 0.4) is 0 Å². The lowest BCUT2D eigenvalue weighted by Gasteiger charge is -2.35. The van der Waals surface area contributed by atoms with Crippen LogP contribution in [0.15, 0.2) is 47.5 Å². The molecule has 0 radical (unpaired) electrons. The molecule has 2 aromatic rings. The predicted octanol–water partition coefficient (Wildman–Crippen LogP) is 7.13. The lowest BCUT2D eigenvalue weighted by Crippen LogP contribution is -2.46. The first-order chi connectivity index (χ1) is 21.4. The summed E-state index contributed by atoms with van der Waals surface area (Å²) in [6.45, 7) is 10.5. The van der Waals surface area contributed by atoms with Crippen molar-refractivity contribution in [2.75, 3.05) is 50.8 Å². The Labute approximate surface area is 267 Å². The molecule has 1 fully saturated rings. The maximum Gasteiger partial charge on any atom is 0.296 e. The number of rotatable bonds is 22. The Morgan fingerprint density at radius 2 is 1.39 bits per heavy atom. The molecule has 8 nitrogen and oxygen atoms in total. The van der Waals surface area contributed by atoms with Gasteiger partial charge in [-0.3, -0.25) is 13.9 Å². The van der Waals surface area contributed by atoms with Gasteiger partial charge in [-0.15, -0.1) is 0 Å². The number of nitrogens with zero attached hydrogens (tertiary/aromatic N) is 3. The zero-order chi connectivity index (χ0) is 31.5. The Bertz CT molecular complexity index is 1160. The van der Waals surface area contributed by atoms with Gasteiger partial charge < -0.3 is 10.2 Å². The molecule has 1 aliphatic rings. The van der Waals surface area contributed by atoms with Crippen molar-refractivity contribution in [2.45, 2.75) is 109 Å². The molecule has 1 aliphatic heterocycles. The van der Waals surface area contributed by atoms with Crippen LogP contribution in [0, 0.1) is 6.92 Å². The summed E-state index contributed by atoms with van der Waals surface area (Å²) in [5.41, 5.74) is 1.66. The Morgan fingerprint density at radius 3 is 1.95 bits per heavy atom. The first kappa shape index (κ1) is 36.0. The number of pyridine rings is 1. The van der Waals surface area contributed by atoms with Crippen molar-refractivity contribution in [2.24, 2.45) is 0 Å². The molecule has 44 heavy (non-hydrogen) atoms. The SMILES string of the molecule is CCCCN1CCN(c2ccc(C(=O)NCCCCCCCCCCCCCCOS(=O)(=O)c3ccc(C)cc3)cn2)CC1. The second-order valence-electron chi connectivity index (χ2n) is 12.2. The van der Waals surface area contributed by atoms with Crippen LogP contribution in [-0.2, 0) is 14.3 Å². The van der Waals surface area contributed by atoms with Crippen molar-refractivity contribution >= 4 is 21.8 Å². The monoisotopic (exact) mass is 628 g/mol. The molecule has 2 heterocycles. The number of aryl methyl sites for hydroxylation is 1. The molecular weight excluding hydrogens is 572 g/mol. The number of hydrogen-bond acceptors (Lipinski definition) is 7. The number of nitrogens with one attached hydrogen (secondary N) is 1. The highest BCUT2D eigenvalue weighted by atomic mass is 32.2. The van der Waals surface area contributed by atoms with Crippen molar-refractivity contribution in [3.8, 4) is 0 Å². The summed E-state index contributed by atoms with van der Waals surface area (Å²) in [5.74, 6) is 0.930. The molecule has 1 N–H and O–H groups in total. The Kier molecular flexibility index (Phi) is 16.8.